The molecule has 4 N–H and O–H groups in total. The summed E-state index contributed by atoms with van der Waals surface area (Å²) in [6.07, 6.45) is 0.270. The van der Waals surface area contributed by atoms with Gasteiger partial charge in [0.2, 0.25) is 5.91 Å². The molecule has 0 aromatic rings. The molecule has 5 heteroatoms. The number of hydrogen-bond acceptors (Lipinski definition) is 4. The Morgan fingerprint density at radius 1 is 1.69 bits per heavy atom. The van der Waals surface area contributed by atoms with E-state index in [1.54, 1.807) is 0 Å². The van der Waals surface area contributed by atoms with Crippen LogP contribution in [0.3, 0.4) is 0 Å². The first-order valence-electron chi connectivity index (χ1n) is 5.77. The molecule has 5 nitrogen and oxygen atoms in total. The number of rotatable bonds is 4. The zero-order chi connectivity index (χ0) is 11.9. The second-order valence-electron chi connectivity index (χ2n) is 5.37. The van der Waals surface area contributed by atoms with Gasteiger partial charge in [-0.05, 0) is 6.42 Å². The normalized spacial score (nSPS) is 37.6. The third kappa shape index (κ3) is 1.73. The summed E-state index contributed by atoms with van der Waals surface area (Å²) >= 11 is 0. The van der Waals surface area contributed by atoms with Gasteiger partial charge >= 0.3 is 0 Å². The number of carbonyl (C=O) groups excluding carboxylic acids is 1. The van der Waals surface area contributed by atoms with Gasteiger partial charge in [0, 0.05) is 30.5 Å². The molecule has 92 valence electrons. The number of fused-ring (bicyclic) bond motifs is 1. The summed E-state index contributed by atoms with van der Waals surface area (Å²) in [7, 11) is 0. The van der Waals surface area contributed by atoms with E-state index in [-0.39, 0.29) is 12.0 Å². The van der Waals surface area contributed by atoms with Crippen LogP contribution < -0.4 is 11.1 Å². The molecule has 2 rings (SSSR count). The molecule has 4 unspecified atom stereocenters. The second-order valence-corrected chi connectivity index (χ2v) is 5.37. The third-order valence-corrected chi connectivity index (χ3v) is 3.96. The van der Waals surface area contributed by atoms with Crippen molar-refractivity contribution in [3.8, 4) is 0 Å². The van der Waals surface area contributed by atoms with Crippen LogP contribution in [0.25, 0.3) is 0 Å². The number of nitrogens with two attached hydrogens (primary N) is 1. The number of ether oxygens (including phenoxy) is 1. The fraction of sp³-hybridized carbons (Fsp3) is 0.909. The molecule has 4 atom stereocenters. The van der Waals surface area contributed by atoms with Crippen molar-refractivity contribution >= 4 is 5.91 Å². The van der Waals surface area contributed by atoms with Crippen molar-refractivity contribution in [1.82, 2.24) is 5.32 Å². The van der Waals surface area contributed by atoms with Crippen molar-refractivity contribution in [2.24, 2.45) is 17.1 Å². The van der Waals surface area contributed by atoms with Crippen LogP contribution in [0.2, 0.25) is 0 Å². The molecule has 1 heterocycles. The number of nitrogens with one attached hydrogen (secondary N) is 1. The average molecular weight is 228 g/mol. The minimum Gasteiger partial charge on any atom is -0.382 e. The highest BCUT2D eigenvalue weighted by Gasteiger charge is 2.58. The summed E-state index contributed by atoms with van der Waals surface area (Å²) in [6.45, 7) is 5.34. The smallest absolute Gasteiger partial charge is 0.247 e. The van der Waals surface area contributed by atoms with Gasteiger partial charge in [-0.25, -0.2) is 0 Å². The summed E-state index contributed by atoms with van der Waals surface area (Å²) in [4.78, 5) is 10.7. The van der Waals surface area contributed by atoms with Gasteiger partial charge in [-0.3, -0.25) is 4.79 Å². The van der Waals surface area contributed by atoms with Gasteiger partial charge in [-0.15, -0.1) is 0 Å². The van der Waals surface area contributed by atoms with Crippen LogP contribution in [-0.4, -0.2) is 42.4 Å². The van der Waals surface area contributed by atoms with Crippen LogP contribution in [0.15, 0.2) is 0 Å². The molecule has 0 aromatic heterocycles. The Hall–Kier alpha value is -0.650. The first-order valence-corrected chi connectivity index (χ1v) is 5.77. The van der Waals surface area contributed by atoms with Crippen molar-refractivity contribution in [3.05, 3.63) is 0 Å². The van der Waals surface area contributed by atoms with Gasteiger partial charge in [-0.1, -0.05) is 13.8 Å². The van der Waals surface area contributed by atoms with Crippen LogP contribution in [0.5, 0.6) is 0 Å². The molecule has 2 fully saturated rings. The summed E-state index contributed by atoms with van der Waals surface area (Å²) < 4.78 is 5.66. The lowest BCUT2D eigenvalue weighted by atomic mass is 9.57. The van der Waals surface area contributed by atoms with Gasteiger partial charge in [0.25, 0.3) is 0 Å². The lowest BCUT2D eigenvalue weighted by Crippen LogP contribution is -2.66. The predicted molar refractivity (Wildman–Crippen MR) is 58.6 cm³/mol. The molecule has 1 aliphatic carbocycles. The molecule has 0 radical (unpaired) electrons. The molecule has 1 amide bonds. The van der Waals surface area contributed by atoms with E-state index >= 15 is 0 Å². The number of hydrogen-bond donors (Lipinski definition) is 3. The van der Waals surface area contributed by atoms with Gasteiger partial charge in [-0.2, -0.15) is 0 Å². The van der Waals surface area contributed by atoms with Crippen LogP contribution in [0.4, 0.5) is 0 Å². The minimum absolute atomic E-state index is 0.0680. The summed E-state index contributed by atoms with van der Waals surface area (Å²) in [5.74, 6) is -0.168. The highest BCUT2D eigenvalue weighted by atomic mass is 16.5. The van der Waals surface area contributed by atoms with E-state index in [9.17, 15) is 9.90 Å². The fourth-order valence-electron chi connectivity index (χ4n) is 3.08. The van der Waals surface area contributed by atoms with E-state index in [1.807, 2.05) is 0 Å². The Labute approximate surface area is 95.3 Å². The van der Waals surface area contributed by atoms with Crippen molar-refractivity contribution < 1.29 is 14.6 Å². The molecule has 1 saturated carbocycles. The number of aliphatic hydroxyl groups is 1. The number of amides is 1. The van der Waals surface area contributed by atoms with Crippen LogP contribution in [0, 0.1) is 11.3 Å². The average Bonchev–Trinajstić information content (AvgIpc) is 2.63. The topological polar surface area (TPSA) is 84.6 Å². The van der Waals surface area contributed by atoms with Crippen molar-refractivity contribution in [3.63, 3.8) is 0 Å². The van der Waals surface area contributed by atoms with E-state index in [1.165, 1.54) is 0 Å². The Bertz CT molecular complexity index is 293. The zero-order valence-electron chi connectivity index (χ0n) is 9.77. The van der Waals surface area contributed by atoms with E-state index in [0.717, 1.165) is 13.0 Å². The van der Waals surface area contributed by atoms with Crippen molar-refractivity contribution in [2.45, 2.75) is 38.5 Å². The van der Waals surface area contributed by atoms with E-state index in [2.05, 4.69) is 19.2 Å². The molecule has 16 heavy (non-hydrogen) atoms. The SMILES string of the molecule is CC1(C)C(NCC(O)C(N)=O)C2CCOC21. The van der Waals surface area contributed by atoms with Gasteiger partial charge < -0.3 is 20.9 Å². The Morgan fingerprint density at radius 2 is 2.38 bits per heavy atom. The molecule has 0 bridgehead atoms. The first-order chi connectivity index (χ1) is 7.44. The summed E-state index contributed by atoms with van der Waals surface area (Å²) in [5, 5.41) is 12.6. The number of primary amides is 1. The summed E-state index contributed by atoms with van der Waals surface area (Å²) in [6, 6.07) is 0.300. The zero-order valence-corrected chi connectivity index (χ0v) is 9.77. The Morgan fingerprint density at radius 3 is 3.00 bits per heavy atom. The quantitative estimate of drug-likeness (QED) is 0.590. The largest absolute Gasteiger partial charge is 0.382 e. The molecule has 2 aliphatic rings. The third-order valence-electron chi connectivity index (χ3n) is 3.96. The molecule has 0 spiro atoms. The van der Waals surface area contributed by atoms with Crippen LogP contribution in [-0.2, 0) is 9.53 Å². The molecule has 0 aromatic carbocycles. The Kier molecular flexibility index (Phi) is 2.94. The maximum Gasteiger partial charge on any atom is 0.247 e. The maximum atomic E-state index is 10.7. The number of aliphatic hydroxyl groups excluding tert-OH is 1. The predicted octanol–water partition coefficient (Wildman–Crippen LogP) is -0.764. The lowest BCUT2D eigenvalue weighted by Gasteiger charge is -2.55. The fourth-order valence-corrected chi connectivity index (χ4v) is 3.08. The lowest BCUT2D eigenvalue weighted by molar-refractivity contribution is -0.129. The van der Waals surface area contributed by atoms with E-state index in [4.69, 9.17) is 10.5 Å². The van der Waals surface area contributed by atoms with Crippen LogP contribution in [0.1, 0.15) is 20.3 Å². The molecule has 1 saturated heterocycles. The molecular formula is C11H20N2O3. The van der Waals surface area contributed by atoms with Gasteiger partial charge in [0.1, 0.15) is 6.10 Å². The highest BCUT2D eigenvalue weighted by molar-refractivity contribution is 5.78. The van der Waals surface area contributed by atoms with Gasteiger partial charge in [0.15, 0.2) is 0 Å². The van der Waals surface area contributed by atoms with Crippen molar-refractivity contribution in [1.29, 1.82) is 0 Å². The van der Waals surface area contributed by atoms with E-state index in [0.29, 0.717) is 18.1 Å². The van der Waals surface area contributed by atoms with Gasteiger partial charge in [0.05, 0.1) is 6.10 Å². The Balaban J connectivity index is 1.88. The van der Waals surface area contributed by atoms with E-state index < -0.39 is 12.0 Å². The highest BCUT2D eigenvalue weighted by Crippen LogP contribution is 2.51. The maximum absolute atomic E-state index is 10.7. The summed E-state index contributed by atoms with van der Waals surface area (Å²) in [5.41, 5.74) is 5.07. The standard InChI is InChI=1S/C11H20N2O3/c1-11(2)8(6-3-4-16-9(6)11)13-5-7(14)10(12)15/h6-9,13-14H,3-5H2,1-2H3,(H2,12,15). The first kappa shape index (κ1) is 11.8. The number of carbonyl (C=O) groups is 1. The molecular weight excluding hydrogens is 208 g/mol. The molecule has 1 aliphatic heterocycles. The van der Waals surface area contributed by atoms with Crippen molar-refractivity contribution in [2.75, 3.05) is 13.2 Å². The monoisotopic (exact) mass is 228 g/mol. The van der Waals surface area contributed by atoms with Crippen LogP contribution >= 0.6 is 0 Å². The second kappa shape index (κ2) is 3.98. The minimum atomic E-state index is -1.10.